The van der Waals surface area contributed by atoms with E-state index in [0.717, 1.165) is 67.4 Å². The van der Waals surface area contributed by atoms with Crippen LogP contribution in [0.5, 0.6) is 5.75 Å². The first-order valence-corrected chi connectivity index (χ1v) is 9.84. The van der Waals surface area contributed by atoms with Crippen LogP contribution < -0.4 is 10.7 Å². The molecule has 0 bridgehead atoms. The molecule has 4 N–H and O–H groups in total. The standard InChI is InChI=1S/C20H25N7O2/c1-25-18(16-11-13-10-14(28)2-3-15(13)24-16)17-19(21)22-12-23-20(17)27(25)5-4-26-6-8-29-9-7-26/h2-3,10-12,18,24,28H,4-9H2,1H3,(H2,21,22,23). The van der Waals surface area contributed by atoms with Crippen LogP contribution in [-0.2, 0) is 4.74 Å². The van der Waals surface area contributed by atoms with Crippen molar-refractivity contribution in [3.8, 4) is 5.75 Å². The van der Waals surface area contributed by atoms with Crippen LogP contribution in [0, 0.1) is 0 Å². The number of nitrogens with two attached hydrogens (primary N) is 1. The van der Waals surface area contributed by atoms with Crippen LogP contribution in [0.2, 0.25) is 0 Å². The summed E-state index contributed by atoms with van der Waals surface area (Å²) in [5.41, 5.74) is 9.16. The fraction of sp³-hybridized carbons (Fsp3) is 0.400. The minimum atomic E-state index is -0.120. The van der Waals surface area contributed by atoms with Gasteiger partial charge in [-0.1, -0.05) is 0 Å². The number of aromatic amines is 1. The Morgan fingerprint density at radius 3 is 2.86 bits per heavy atom. The molecule has 0 amide bonds. The molecule has 0 radical (unpaired) electrons. The molecule has 1 saturated heterocycles. The number of aromatic hydroxyl groups is 1. The second kappa shape index (κ2) is 7.18. The number of phenols is 1. The van der Waals surface area contributed by atoms with E-state index in [1.54, 1.807) is 12.1 Å². The van der Waals surface area contributed by atoms with Crippen LogP contribution in [0.15, 0.2) is 30.6 Å². The van der Waals surface area contributed by atoms with E-state index in [1.165, 1.54) is 6.33 Å². The first-order chi connectivity index (χ1) is 14.1. The van der Waals surface area contributed by atoms with Gasteiger partial charge in [0.1, 0.15) is 23.9 Å². The quantitative estimate of drug-likeness (QED) is 0.608. The van der Waals surface area contributed by atoms with Gasteiger partial charge < -0.3 is 20.6 Å². The van der Waals surface area contributed by atoms with Crippen LogP contribution in [0.4, 0.5) is 11.6 Å². The number of hydrogen-bond donors (Lipinski definition) is 3. The summed E-state index contributed by atoms with van der Waals surface area (Å²) < 4.78 is 5.45. The number of nitrogens with one attached hydrogen (secondary N) is 1. The number of phenolic OH excluding ortho intramolecular Hbond substituents is 1. The summed E-state index contributed by atoms with van der Waals surface area (Å²) in [5, 5.41) is 15.1. The number of fused-ring (bicyclic) bond motifs is 2. The molecule has 1 atom stereocenters. The lowest BCUT2D eigenvalue weighted by molar-refractivity contribution is 0.0378. The normalized spacial score (nSPS) is 20.4. The molecule has 1 aromatic carbocycles. The zero-order valence-electron chi connectivity index (χ0n) is 16.4. The summed E-state index contributed by atoms with van der Waals surface area (Å²) in [6.07, 6.45) is 1.52. The molecule has 2 aliphatic heterocycles. The van der Waals surface area contributed by atoms with Gasteiger partial charge in [-0.3, -0.25) is 9.91 Å². The lowest BCUT2D eigenvalue weighted by Gasteiger charge is -2.33. The number of anilines is 2. The predicted molar refractivity (Wildman–Crippen MR) is 111 cm³/mol. The smallest absolute Gasteiger partial charge is 0.153 e. The molecule has 152 valence electrons. The van der Waals surface area contributed by atoms with Crippen molar-refractivity contribution in [1.82, 2.24) is 24.9 Å². The number of aromatic nitrogens is 3. The van der Waals surface area contributed by atoms with Gasteiger partial charge in [0.05, 0.1) is 18.8 Å². The third-order valence-corrected chi connectivity index (χ3v) is 5.82. The maximum atomic E-state index is 9.81. The topological polar surface area (TPSA) is 107 Å². The summed E-state index contributed by atoms with van der Waals surface area (Å²) in [5.74, 6) is 1.58. The Labute approximate surface area is 168 Å². The minimum Gasteiger partial charge on any atom is -0.508 e. The van der Waals surface area contributed by atoms with E-state index in [2.05, 4.69) is 35.9 Å². The van der Waals surface area contributed by atoms with Crippen molar-refractivity contribution in [2.45, 2.75) is 6.04 Å². The lowest BCUT2D eigenvalue weighted by Crippen LogP contribution is -2.45. The van der Waals surface area contributed by atoms with Gasteiger partial charge in [-0.05, 0) is 24.3 Å². The number of nitrogen functional groups attached to an aromatic ring is 1. The Hall–Kier alpha value is -2.88. The van der Waals surface area contributed by atoms with Crippen molar-refractivity contribution in [3.63, 3.8) is 0 Å². The van der Waals surface area contributed by atoms with E-state index in [0.29, 0.717) is 5.82 Å². The van der Waals surface area contributed by atoms with E-state index in [1.807, 2.05) is 13.1 Å². The molecule has 2 aliphatic rings. The van der Waals surface area contributed by atoms with E-state index in [-0.39, 0.29) is 11.8 Å². The fourth-order valence-corrected chi connectivity index (χ4v) is 4.31. The maximum Gasteiger partial charge on any atom is 0.153 e. The maximum absolute atomic E-state index is 9.81. The van der Waals surface area contributed by atoms with Crippen molar-refractivity contribution in [2.24, 2.45) is 0 Å². The highest BCUT2D eigenvalue weighted by Crippen LogP contribution is 2.44. The monoisotopic (exact) mass is 395 g/mol. The number of benzene rings is 1. The van der Waals surface area contributed by atoms with E-state index in [4.69, 9.17) is 10.5 Å². The van der Waals surface area contributed by atoms with Gasteiger partial charge in [0, 0.05) is 49.8 Å². The van der Waals surface area contributed by atoms with Gasteiger partial charge >= 0.3 is 0 Å². The summed E-state index contributed by atoms with van der Waals surface area (Å²) in [6, 6.07) is 7.25. The fourth-order valence-electron chi connectivity index (χ4n) is 4.31. The predicted octanol–water partition coefficient (Wildman–Crippen LogP) is 1.33. The number of nitrogens with zero attached hydrogens (tertiary/aromatic N) is 5. The van der Waals surface area contributed by atoms with Crippen LogP contribution in [0.1, 0.15) is 17.3 Å². The molecular weight excluding hydrogens is 370 g/mol. The second-order valence-corrected chi connectivity index (χ2v) is 7.55. The first kappa shape index (κ1) is 18.2. The van der Waals surface area contributed by atoms with Crippen molar-refractivity contribution >= 4 is 22.5 Å². The summed E-state index contributed by atoms with van der Waals surface area (Å²) in [6.45, 7) is 5.19. The SMILES string of the molecule is CN1C(c2cc3cc(O)ccc3[nH]2)c2c(N)ncnc2N1CCN1CCOCC1. The zero-order valence-corrected chi connectivity index (χ0v) is 16.4. The molecule has 4 heterocycles. The van der Waals surface area contributed by atoms with Crippen LogP contribution in [-0.4, -0.2) is 76.4 Å². The highest BCUT2D eigenvalue weighted by Gasteiger charge is 2.39. The van der Waals surface area contributed by atoms with Gasteiger partial charge in [0.25, 0.3) is 0 Å². The van der Waals surface area contributed by atoms with E-state index < -0.39 is 0 Å². The summed E-state index contributed by atoms with van der Waals surface area (Å²) in [4.78, 5) is 14.7. The van der Waals surface area contributed by atoms with Gasteiger partial charge in [-0.25, -0.2) is 15.0 Å². The molecule has 29 heavy (non-hydrogen) atoms. The first-order valence-electron chi connectivity index (χ1n) is 9.84. The molecule has 1 unspecified atom stereocenters. The van der Waals surface area contributed by atoms with Gasteiger partial charge in [-0.2, -0.15) is 0 Å². The molecule has 2 aromatic heterocycles. The molecule has 0 aliphatic carbocycles. The highest BCUT2D eigenvalue weighted by molar-refractivity contribution is 5.82. The Bertz CT molecular complexity index is 1030. The molecule has 9 nitrogen and oxygen atoms in total. The number of H-pyrrole nitrogens is 1. The van der Waals surface area contributed by atoms with Gasteiger partial charge in [-0.15, -0.1) is 0 Å². The van der Waals surface area contributed by atoms with Gasteiger partial charge in [0.15, 0.2) is 5.82 Å². The summed E-state index contributed by atoms with van der Waals surface area (Å²) >= 11 is 0. The van der Waals surface area contributed by atoms with Crippen molar-refractivity contribution in [3.05, 3.63) is 41.9 Å². The third kappa shape index (κ3) is 3.17. The Morgan fingerprint density at radius 1 is 1.21 bits per heavy atom. The molecule has 0 spiro atoms. The molecule has 0 saturated carbocycles. The van der Waals surface area contributed by atoms with Crippen molar-refractivity contribution in [1.29, 1.82) is 0 Å². The minimum absolute atomic E-state index is 0.120. The number of hydrazine groups is 1. The third-order valence-electron chi connectivity index (χ3n) is 5.82. The average molecular weight is 395 g/mol. The largest absolute Gasteiger partial charge is 0.508 e. The second-order valence-electron chi connectivity index (χ2n) is 7.55. The van der Waals surface area contributed by atoms with Crippen LogP contribution in [0.25, 0.3) is 10.9 Å². The Balaban J connectivity index is 1.48. The average Bonchev–Trinajstić information content (AvgIpc) is 3.25. The molecule has 9 heteroatoms. The van der Waals surface area contributed by atoms with E-state index in [9.17, 15) is 5.11 Å². The van der Waals surface area contributed by atoms with Gasteiger partial charge in [0.2, 0.25) is 0 Å². The van der Waals surface area contributed by atoms with Crippen molar-refractivity contribution in [2.75, 3.05) is 57.2 Å². The van der Waals surface area contributed by atoms with Crippen molar-refractivity contribution < 1.29 is 9.84 Å². The van der Waals surface area contributed by atoms with E-state index >= 15 is 0 Å². The molecular formula is C20H25N7O2. The Kier molecular flexibility index (Phi) is 4.50. The number of hydrogen-bond acceptors (Lipinski definition) is 8. The molecule has 5 rings (SSSR count). The molecule has 1 fully saturated rings. The number of ether oxygens (including phenoxy) is 1. The summed E-state index contributed by atoms with van der Waals surface area (Å²) in [7, 11) is 2.05. The zero-order chi connectivity index (χ0) is 20.0. The number of morpholine rings is 1. The highest BCUT2D eigenvalue weighted by atomic mass is 16.5. The van der Waals surface area contributed by atoms with Crippen LogP contribution in [0.3, 0.4) is 0 Å². The Morgan fingerprint density at radius 2 is 2.03 bits per heavy atom. The molecule has 3 aromatic rings. The van der Waals surface area contributed by atoms with Crippen LogP contribution >= 0.6 is 0 Å². The number of rotatable bonds is 4. The lowest BCUT2D eigenvalue weighted by atomic mass is 10.1.